The minimum Gasteiger partial charge on any atom is -0.455 e. The van der Waals surface area contributed by atoms with Crippen LogP contribution < -0.4 is 0 Å². The van der Waals surface area contributed by atoms with E-state index in [4.69, 9.17) is 11.3 Å². The van der Waals surface area contributed by atoms with Crippen molar-refractivity contribution in [2.45, 2.75) is 0 Å². The van der Waals surface area contributed by atoms with Gasteiger partial charge in [0.2, 0.25) is 0 Å². The molecule has 0 N–H and O–H groups in total. The lowest BCUT2D eigenvalue weighted by Crippen LogP contribution is -1.92. The first-order valence-corrected chi connectivity index (χ1v) is 15.7. The van der Waals surface area contributed by atoms with Gasteiger partial charge in [-0.05, 0) is 84.8 Å². The molecule has 8 aromatic carbocycles. The second-order valence-corrected chi connectivity index (χ2v) is 11.7. The second kappa shape index (κ2) is 11.3. The van der Waals surface area contributed by atoms with Gasteiger partial charge < -0.3 is 4.42 Å². The number of fused-ring (bicyclic) bond motifs is 3. The van der Waals surface area contributed by atoms with Crippen molar-refractivity contribution < 1.29 is 11.3 Å². The Hall–Kier alpha value is -6.18. The highest BCUT2D eigenvalue weighted by Crippen LogP contribution is 2.47. The molecule has 0 saturated carbocycles. The Bertz CT molecular complexity index is 2750. The third-order valence-corrected chi connectivity index (χ3v) is 8.93. The van der Waals surface area contributed by atoms with E-state index in [1.165, 1.54) is 0 Å². The summed E-state index contributed by atoms with van der Waals surface area (Å²) in [5.74, 6) is 0.796. The van der Waals surface area contributed by atoms with Gasteiger partial charge in [-0.2, -0.15) is 0 Å². The lowest BCUT2D eigenvalue weighted by Gasteiger charge is -2.19. The molecule has 220 valence electrons. The van der Waals surface area contributed by atoms with Gasteiger partial charge in [0, 0.05) is 16.5 Å². The maximum absolute atomic E-state index is 8.95. The summed E-state index contributed by atoms with van der Waals surface area (Å²) in [6.45, 7) is 0. The Kier molecular flexibility index (Phi) is 5.38. The van der Waals surface area contributed by atoms with Gasteiger partial charge in [0.1, 0.15) is 11.3 Å². The molecule has 9 aromatic rings. The van der Waals surface area contributed by atoms with Gasteiger partial charge >= 0.3 is 0 Å². The van der Waals surface area contributed by atoms with Crippen molar-refractivity contribution in [1.29, 1.82) is 0 Å². The zero-order valence-corrected chi connectivity index (χ0v) is 25.3. The standard InChI is InChI=1S/C46H30O/c1-4-16-31(17-5-1)34-28-35(30-36(29-34)45-41-26-14-15-27-42(41)47-46(45)33-20-8-3-9-21-33)44-39-24-12-10-22-37(39)43(32-18-6-2-7-19-32)38-23-11-13-25-40(38)44/h1-30H/i2D,6D,7D,18D,19D. The molecule has 0 amide bonds. The van der Waals surface area contributed by atoms with Crippen molar-refractivity contribution in [3.8, 4) is 55.8 Å². The van der Waals surface area contributed by atoms with E-state index in [9.17, 15) is 0 Å². The molecule has 0 spiro atoms. The number of para-hydroxylation sites is 1. The van der Waals surface area contributed by atoms with Crippen LogP contribution in [0.15, 0.2) is 186 Å². The normalized spacial score (nSPS) is 12.9. The van der Waals surface area contributed by atoms with Crippen LogP contribution in [-0.4, -0.2) is 0 Å². The first-order chi connectivity index (χ1) is 25.4. The molecule has 0 aliphatic rings. The van der Waals surface area contributed by atoms with Gasteiger partial charge in [0.15, 0.2) is 0 Å². The SMILES string of the molecule is [2H]c1c([2H])c([2H])c(-c2c3ccccc3c(-c3cc(-c4ccccc4)cc(-c4c(-c5ccccc5)oc5ccccc45)c3)c3ccccc23)c([2H])c1[2H]. The minimum atomic E-state index is -0.407. The van der Waals surface area contributed by atoms with Crippen LogP contribution in [0, 0.1) is 0 Å². The van der Waals surface area contributed by atoms with Crippen LogP contribution in [0.2, 0.25) is 0 Å². The van der Waals surface area contributed by atoms with Gasteiger partial charge in [-0.3, -0.25) is 0 Å². The van der Waals surface area contributed by atoms with Crippen molar-refractivity contribution in [2.75, 3.05) is 0 Å². The fraction of sp³-hybridized carbons (Fsp3) is 0. The number of hydrogen-bond donors (Lipinski definition) is 0. The molecule has 0 bridgehead atoms. The Morgan fingerprint density at radius 3 is 1.38 bits per heavy atom. The van der Waals surface area contributed by atoms with Crippen LogP contribution in [0.25, 0.3) is 88.3 Å². The average Bonchev–Trinajstić information content (AvgIpc) is 3.59. The molecule has 47 heavy (non-hydrogen) atoms. The van der Waals surface area contributed by atoms with E-state index < -0.39 is 6.04 Å². The molecule has 0 fully saturated rings. The lowest BCUT2D eigenvalue weighted by molar-refractivity contribution is 0.632. The van der Waals surface area contributed by atoms with Crippen LogP contribution in [0.5, 0.6) is 0 Å². The van der Waals surface area contributed by atoms with Crippen LogP contribution in [0.4, 0.5) is 0 Å². The summed E-state index contributed by atoms with van der Waals surface area (Å²) in [6, 6.07) is 49.8. The van der Waals surface area contributed by atoms with Crippen molar-refractivity contribution in [2.24, 2.45) is 0 Å². The zero-order chi connectivity index (χ0) is 35.5. The molecule has 1 nitrogen and oxygen atoms in total. The average molecular weight is 604 g/mol. The molecule has 1 heterocycles. The Morgan fingerprint density at radius 1 is 0.340 bits per heavy atom. The molecule has 0 saturated heterocycles. The molecule has 0 aliphatic heterocycles. The molecule has 0 radical (unpaired) electrons. The number of furan rings is 1. The van der Waals surface area contributed by atoms with Crippen LogP contribution >= 0.6 is 0 Å². The number of hydrogen-bond acceptors (Lipinski definition) is 1. The van der Waals surface area contributed by atoms with E-state index in [1.54, 1.807) is 0 Å². The van der Waals surface area contributed by atoms with Crippen LogP contribution in [0.1, 0.15) is 6.85 Å². The third kappa shape index (κ3) is 4.64. The van der Waals surface area contributed by atoms with Gasteiger partial charge in [0.05, 0.1) is 6.85 Å². The molecule has 0 atom stereocenters. The van der Waals surface area contributed by atoms with Gasteiger partial charge in [0.25, 0.3) is 0 Å². The Morgan fingerprint density at radius 2 is 0.787 bits per heavy atom. The van der Waals surface area contributed by atoms with E-state index in [0.717, 1.165) is 77.2 Å². The summed E-state index contributed by atoms with van der Waals surface area (Å²) in [6.07, 6.45) is 0. The topological polar surface area (TPSA) is 13.1 Å². The minimum absolute atomic E-state index is 0.195. The number of benzene rings is 8. The summed E-state index contributed by atoms with van der Waals surface area (Å²) >= 11 is 0. The molecule has 1 aromatic heterocycles. The Balaban J connectivity index is 1.41. The summed E-state index contributed by atoms with van der Waals surface area (Å²) in [5, 5.41) is 4.46. The van der Waals surface area contributed by atoms with Gasteiger partial charge in [-0.15, -0.1) is 0 Å². The van der Waals surface area contributed by atoms with Crippen molar-refractivity contribution >= 4 is 32.5 Å². The quantitative estimate of drug-likeness (QED) is 0.178. The first-order valence-electron chi connectivity index (χ1n) is 18.2. The number of rotatable bonds is 5. The molecule has 0 unspecified atom stereocenters. The van der Waals surface area contributed by atoms with Crippen LogP contribution in [-0.2, 0) is 0 Å². The maximum Gasteiger partial charge on any atom is 0.143 e. The summed E-state index contributed by atoms with van der Waals surface area (Å²) in [7, 11) is 0. The third-order valence-electron chi connectivity index (χ3n) is 8.93. The van der Waals surface area contributed by atoms with E-state index in [0.29, 0.717) is 5.56 Å². The second-order valence-electron chi connectivity index (χ2n) is 11.7. The fourth-order valence-electron chi connectivity index (χ4n) is 6.92. The van der Waals surface area contributed by atoms with Crippen molar-refractivity contribution in [3.63, 3.8) is 0 Å². The van der Waals surface area contributed by atoms with Crippen molar-refractivity contribution in [3.05, 3.63) is 182 Å². The first kappa shape index (κ1) is 22.3. The summed E-state index contributed by atoms with van der Waals surface area (Å²) < 4.78 is 49.8. The van der Waals surface area contributed by atoms with E-state index in [2.05, 4.69) is 60.7 Å². The highest BCUT2D eigenvalue weighted by molar-refractivity contribution is 6.21. The maximum atomic E-state index is 8.95. The molecule has 9 rings (SSSR count). The van der Waals surface area contributed by atoms with E-state index >= 15 is 0 Å². The highest BCUT2D eigenvalue weighted by atomic mass is 16.3. The lowest BCUT2D eigenvalue weighted by atomic mass is 9.84. The largest absolute Gasteiger partial charge is 0.455 e. The Labute approximate surface area is 281 Å². The van der Waals surface area contributed by atoms with Gasteiger partial charge in [-0.1, -0.05) is 158 Å². The monoisotopic (exact) mass is 603 g/mol. The highest BCUT2D eigenvalue weighted by Gasteiger charge is 2.21. The summed E-state index contributed by atoms with van der Waals surface area (Å²) in [5.41, 5.74) is 8.72. The van der Waals surface area contributed by atoms with Crippen molar-refractivity contribution in [1.82, 2.24) is 0 Å². The van der Waals surface area contributed by atoms with Crippen LogP contribution in [0.3, 0.4) is 0 Å². The smallest absolute Gasteiger partial charge is 0.143 e. The predicted octanol–water partition coefficient (Wildman–Crippen LogP) is 13.1. The fourth-order valence-corrected chi connectivity index (χ4v) is 6.92. The van der Waals surface area contributed by atoms with E-state index in [-0.39, 0.29) is 29.7 Å². The van der Waals surface area contributed by atoms with Gasteiger partial charge in [-0.25, -0.2) is 0 Å². The zero-order valence-electron chi connectivity index (χ0n) is 30.3. The molecule has 1 heteroatoms. The molecular weight excluding hydrogens is 569 g/mol. The molecular formula is C46H30O. The van der Waals surface area contributed by atoms with E-state index in [1.807, 2.05) is 91.0 Å². The predicted molar refractivity (Wildman–Crippen MR) is 198 cm³/mol. The summed E-state index contributed by atoms with van der Waals surface area (Å²) in [4.78, 5) is 0. The molecule has 0 aliphatic carbocycles.